The van der Waals surface area contributed by atoms with Crippen LogP contribution in [0, 0.1) is 0 Å². The maximum Gasteiger partial charge on any atom is 0.330 e. The molecule has 0 saturated heterocycles. The normalized spacial score (nSPS) is 11.8. The van der Waals surface area contributed by atoms with Gasteiger partial charge >= 0.3 is 5.97 Å². The predicted molar refractivity (Wildman–Crippen MR) is 102 cm³/mol. The summed E-state index contributed by atoms with van der Waals surface area (Å²) in [5, 5.41) is 1.90. The molecule has 26 heavy (non-hydrogen) atoms. The molecular weight excluding hydrogens is 332 g/mol. The number of methoxy groups -OCH3 is 1. The molecular formula is C21H26O5. The number of benzene rings is 2. The van der Waals surface area contributed by atoms with Crippen LogP contribution in [0.25, 0.3) is 10.8 Å². The molecule has 5 heteroatoms. The lowest BCUT2D eigenvalue weighted by atomic mass is 10.1. The Morgan fingerprint density at radius 2 is 1.81 bits per heavy atom. The van der Waals surface area contributed by atoms with Gasteiger partial charge in [0.25, 0.3) is 0 Å². The molecule has 0 aromatic heterocycles. The molecule has 1 unspecified atom stereocenters. The molecule has 0 fully saturated rings. The van der Waals surface area contributed by atoms with Crippen molar-refractivity contribution >= 4 is 16.7 Å². The van der Waals surface area contributed by atoms with Crippen LogP contribution in [0.3, 0.4) is 0 Å². The fourth-order valence-corrected chi connectivity index (χ4v) is 2.52. The molecule has 0 aliphatic carbocycles. The van der Waals surface area contributed by atoms with Crippen molar-refractivity contribution < 1.29 is 23.7 Å². The topological polar surface area (TPSA) is 54.0 Å². The molecule has 2 aromatic carbocycles. The van der Waals surface area contributed by atoms with Gasteiger partial charge in [-0.3, -0.25) is 0 Å². The third-order valence-electron chi connectivity index (χ3n) is 3.88. The van der Waals surface area contributed by atoms with Crippen LogP contribution in [0.4, 0.5) is 0 Å². The molecule has 0 N–H and O–H groups in total. The third kappa shape index (κ3) is 5.49. The van der Waals surface area contributed by atoms with Gasteiger partial charge in [-0.1, -0.05) is 44.2 Å². The minimum atomic E-state index is -0.502. The number of rotatable bonds is 11. The Kier molecular flexibility index (Phi) is 7.96. The second-order valence-corrected chi connectivity index (χ2v) is 5.81. The second kappa shape index (κ2) is 10.5. The van der Waals surface area contributed by atoms with Crippen LogP contribution < -0.4 is 9.47 Å². The van der Waals surface area contributed by atoms with E-state index >= 15 is 0 Å². The molecule has 2 aromatic rings. The lowest BCUT2D eigenvalue weighted by Gasteiger charge is -2.19. The van der Waals surface area contributed by atoms with E-state index in [1.165, 1.54) is 0 Å². The Hall–Kier alpha value is -2.53. The monoisotopic (exact) mass is 358 g/mol. The lowest BCUT2D eigenvalue weighted by molar-refractivity contribution is -0.148. The quantitative estimate of drug-likeness (QED) is 0.343. The van der Waals surface area contributed by atoms with Crippen LogP contribution in [0.15, 0.2) is 49.1 Å². The van der Waals surface area contributed by atoms with Crippen molar-refractivity contribution in [2.75, 3.05) is 26.9 Å². The zero-order valence-corrected chi connectivity index (χ0v) is 15.4. The highest BCUT2D eigenvalue weighted by Crippen LogP contribution is 2.32. The predicted octanol–water partition coefficient (Wildman–Crippen LogP) is 4.14. The molecule has 0 spiro atoms. The number of esters is 1. The fourth-order valence-electron chi connectivity index (χ4n) is 2.52. The van der Waals surface area contributed by atoms with Crippen molar-refractivity contribution in [2.24, 2.45) is 0 Å². The van der Waals surface area contributed by atoms with Gasteiger partial charge < -0.3 is 18.9 Å². The van der Waals surface area contributed by atoms with Gasteiger partial charge in [-0.2, -0.15) is 0 Å². The van der Waals surface area contributed by atoms with Crippen LogP contribution in [0.1, 0.15) is 19.8 Å². The average Bonchev–Trinajstić information content (AvgIpc) is 2.68. The van der Waals surface area contributed by atoms with Gasteiger partial charge in [0, 0.05) is 23.5 Å². The Morgan fingerprint density at radius 1 is 1.12 bits per heavy atom. The second-order valence-electron chi connectivity index (χ2n) is 5.81. The van der Waals surface area contributed by atoms with Crippen LogP contribution in [-0.4, -0.2) is 39.0 Å². The van der Waals surface area contributed by atoms with Gasteiger partial charge in [0.15, 0.2) is 6.10 Å². The highest BCUT2D eigenvalue weighted by molar-refractivity contribution is 5.93. The van der Waals surface area contributed by atoms with E-state index in [4.69, 9.17) is 18.9 Å². The molecule has 0 bridgehead atoms. The van der Waals surface area contributed by atoms with Crippen molar-refractivity contribution in [1.82, 2.24) is 0 Å². The number of fused-ring (bicyclic) bond motifs is 1. The number of hydrogen-bond donors (Lipinski definition) is 0. The lowest BCUT2D eigenvalue weighted by Crippen LogP contribution is -2.29. The summed E-state index contributed by atoms with van der Waals surface area (Å²) < 4.78 is 22.2. The number of unbranched alkanes of at least 4 members (excludes halogenated alkanes) is 1. The zero-order valence-electron chi connectivity index (χ0n) is 15.4. The Morgan fingerprint density at radius 3 is 2.46 bits per heavy atom. The van der Waals surface area contributed by atoms with E-state index < -0.39 is 12.1 Å². The number of ether oxygens (including phenoxy) is 4. The van der Waals surface area contributed by atoms with Gasteiger partial charge in [-0.05, 0) is 18.6 Å². The SMILES string of the molecule is C=CC(=O)OC(COCCCC)COc1ccc(OC)c2ccccc12. The molecule has 0 aliphatic heterocycles. The summed E-state index contributed by atoms with van der Waals surface area (Å²) in [6.45, 7) is 6.64. The first-order chi connectivity index (χ1) is 12.7. The summed E-state index contributed by atoms with van der Waals surface area (Å²) in [5.41, 5.74) is 0. The molecule has 0 saturated carbocycles. The Balaban J connectivity index is 2.08. The van der Waals surface area contributed by atoms with Gasteiger partial charge in [0.05, 0.1) is 13.7 Å². The molecule has 0 radical (unpaired) electrons. The molecule has 0 heterocycles. The van der Waals surface area contributed by atoms with E-state index in [0.29, 0.717) is 12.4 Å². The summed E-state index contributed by atoms with van der Waals surface area (Å²) in [6.07, 6.45) is 2.65. The number of carbonyl (C=O) groups is 1. The maximum atomic E-state index is 11.6. The maximum absolute atomic E-state index is 11.6. The smallest absolute Gasteiger partial charge is 0.330 e. The van der Waals surface area contributed by atoms with Crippen LogP contribution in [0.5, 0.6) is 11.5 Å². The summed E-state index contributed by atoms with van der Waals surface area (Å²) in [6, 6.07) is 11.5. The van der Waals surface area contributed by atoms with Gasteiger partial charge in [-0.15, -0.1) is 0 Å². The molecule has 5 nitrogen and oxygen atoms in total. The van der Waals surface area contributed by atoms with Gasteiger partial charge in [0.2, 0.25) is 0 Å². The van der Waals surface area contributed by atoms with E-state index in [2.05, 4.69) is 13.5 Å². The van der Waals surface area contributed by atoms with Crippen molar-refractivity contribution in [3.05, 3.63) is 49.1 Å². The highest BCUT2D eigenvalue weighted by atomic mass is 16.6. The van der Waals surface area contributed by atoms with E-state index in [-0.39, 0.29) is 13.2 Å². The van der Waals surface area contributed by atoms with Crippen molar-refractivity contribution in [2.45, 2.75) is 25.9 Å². The van der Waals surface area contributed by atoms with E-state index in [9.17, 15) is 4.79 Å². The minimum absolute atomic E-state index is 0.196. The first kappa shape index (κ1) is 19.8. The molecule has 0 amide bonds. The summed E-state index contributed by atoms with van der Waals surface area (Å²) in [5.74, 6) is 0.998. The van der Waals surface area contributed by atoms with Crippen LogP contribution in [-0.2, 0) is 14.3 Å². The van der Waals surface area contributed by atoms with Crippen LogP contribution in [0.2, 0.25) is 0 Å². The zero-order chi connectivity index (χ0) is 18.8. The Bertz CT molecular complexity index is 725. The minimum Gasteiger partial charge on any atom is -0.496 e. The van der Waals surface area contributed by atoms with Gasteiger partial charge in [-0.25, -0.2) is 4.79 Å². The molecule has 140 valence electrons. The van der Waals surface area contributed by atoms with E-state index in [1.54, 1.807) is 7.11 Å². The molecule has 1 atom stereocenters. The number of hydrogen-bond acceptors (Lipinski definition) is 5. The molecule has 0 aliphatic rings. The van der Waals surface area contributed by atoms with E-state index in [0.717, 1.165) is 35.4 Å². The summed E-state index contributed by atoms with van der Waals surface area (Å²) >= 11 is 0. The van der Waals surface area contributed by atoms with Crippen molar-refractivity contribution in [1.29, 1.82) is 0 Å². The molecule has 2 rings (SSSR count). The fraction of sp³-hybridized carbons (Fsp3) is 0.381. The summed E-state index contributed by atoms with van der Waals surface area (Å²) in [4.78, 5) is 11.6. The van der Waals surface area contributed by atoms with Crippen molar-refractivity contribution in [3.8, 4) is 11.5 Å². The summed E-state index contributed by atoms with van der Waals surface area (Å²) in [7, 11) is 1.64. The largest absolute Gasteiger partial charge is 0.496 e. The van der Waals surface area contributed by atoms with E-state index in [1.807, 2.05) is 36.4 Å². The third-order valence-corrected chi connectivity index (χ3v) is 3.88. The number of carbonyl (C=O) groups excluding carboxylic acids is 1. The standard InChI is InChI=1S/C21H26O5/c1-4-6-13-24-14-16(26-21(22)5-2)15-25-20-12-11-19(23-3)17-9-7-8-10-18(17)20/h5,7-12,16H,2,4,6,13-15H2,1,3H3. The van der Waals surface area contributed by atoms with Crippen molar-refractivity contribution in [3.63, 3.8) is 0 Å². The first-order valence-corrected chi connectivity index (χ1v) is 8.79. The Labute approximate surface area is 154 Å². The van der Waals surface area contributed by atoms with Gasteiger partial charge in [0.1, 0.15) is 18.1 Å². The average molecular weight is 358 g/mol. The van der Waals surface area contributed by atoms with Crippen LogP contribution >= 0.6 is 0 Å². The highest BCUT2D eigenvalue weighted by Gasteiger charge is 2.16. The first-order valence-electron chi connectivity index (χ1n) is 8.79.